The Kier molecular flexibility index (Phi) is 6.01. The van der Waals surface area contributed by atoms with Crippen molar-refractivity contribution in [2.24, 2.45) is 0 Å². The van der Waals surface area contributed by atoms with E-state index in [1.54, 1.807) is 16.2 Å². The van der Waals surface area contributed by atoms with E-state index in [1.165, 1.54) is 17.7 Å². The van der Waals surface area contributed by atoms with Crippen molar-refractivity contribution in [1.29, 1.82) is 5.26 Å². The molecule has 5 nitrogen and oxygen atoms in total. The van der Waals surface area contributed by atoms with E-state index >= 15 is 0 Å². The van der Waals surface area contributed by atoms with Gasteiger partial charge in [-0.05, 0) is 43.5 Å². The summed E-state index contributed by atoms with van der Waals surface area (Å²) < 4.78 is 13.8. The molecular weight excluding hydrogens is 411 g/mol. The molecule has 0 bridgehead atoms. The van der Waals surface area contributed by atoms with Gasteiger partial charge in [0.25, 0.3) is 5.91 Å². The van der Waals surface area contributed by atoms with E-state index in [0.717, 1.165) is 36.3 Å². The third-order valence-corrected chi connectivity index (χ3v) is 6.63. The van der Waals surface area contributed by atoms with Crippen molar-refractivity contribution in [3.8, 4) is 6.07 Å². The number of nitrogens with one attached hydrogen (secondary N) is 1. The highest BCUT2D eigenvalue weighted by Gasteiger charge is 2.41. The highest BCUT2D eigenvalue weighted by molar-refractivity contribution is 7.13. The van der Waals surface area contributed by atoms with Crippen LogP contribution in [0.4, 0.5) is 9.52 Å². The summed E-state index contributed by atoms with van der Waals surface area (Å²) in [5.41, 5.74) is 2.30. The Hall–Kier alpha value is -3.24. The summed E-state index contributed by atoms with van der Waals surface area (Å²) >= 11 is 1.60. The standard InChI is InChI=1S/C24H23FN4OS/c1-2-27-23-28-21(16-31-23)24(19-6-4-3-5-7-19)8-10-29(11-9-24)22(30)18-12-17(15-26)13-20(25)14-18/h3-7,12-14,16H,2,8-11H2,1H3,(H,27,28). The number of carbonyl (C=O) groups excluding carboxylic acids is 1. The summed E-state index contributed by atoms with van der Waals surface area (Å²) in [7, 11) is 0. The fraction of sp³-hybridized carbons (Fsp3) is 0.292. The molecule has 7 heteroatoms. The van der Waals surface area contributed by atoms with Gasteiger partial charge in [0.05, 0.1) is 17.3 Å². The Morgan fingerprint density at radius 1 is 1.26 bits per heavy atom. The van der Waals surface area contributed by atoms with Crippen LogP contribution < -0.4 is 5.32 Å². The number of carbonyl (C=O) groups is 1. The van der Waals surface area contributed by atoms with Crippen molar-refractivity contribution in [3.63, 3.8) is 0 Å². The maximum Gasteiger partial charge on any atom is 0.254 e. The molecule has 4 rings (SSSR count). The van der Waals surface area contributed by atoms with Gasteiger partial charge in [-0.25, -0.2) is 9.37 Å². The van der Waals surface area contributed by atoms with Crippen LogP contribution in [0.5, 0.6) is 0 Å². The van der Waals surface area contributed by atoms with Gasteiger partial charge in [0, 0.05) is 36.0 Å². The lowest BCUT2D eigenvalue weighted by atomic mass is 9.70. The van der Waals surface area contributed by atoms with Gasteiger partial charge in [-0.3, -0.25) is 4.79 Å². The first-order valence-electron chi connectivity index (χ1n) is 10.3. The predicted molar refractivity (Wildman–Crippen MR) is 120 cm³/mol. The van der Waals surface area contributed by atoms with Crippen LogP contribution in [-0.4, -0.2) is 35.4 Å². The third-order valence-electron chi connectivity index (χ3n) is 5.83. The molecule has 0 atom stereocenters. The molecule has 1 aliphatic heterocycles. The fourth-order valence-corrected chi connectivity index (χ4v) is 5.11. The number of thiazole rings is 1. The number of hydrogen-bond acceptors (Lipinski definition) is 5. The number of likely N-dealkylation sites (tertiary alicyclic amines) is 1. The number of benzene rings is 2. The Bertz CT molecular complexity index is 1110. The van der Waals surface area contributed by atoms with Gasteiger partial charge in [0.1, 0.15) is 5.82 Å². The average Bonchev–Trinajstić information content (AvgIpc) is 3.28. The minimum absolute atomic E-state index is 0.150. The number of piperidine rings is 1. The van der Waals surface area contributed by atoms with Gasteiger partial charge >= 0.3 is 0 Å². The number of anilines is 1. The van der Waals surface area contributed by atoms with E-state index < -0.39 is 5.82 Å². The monoisotopic (exact) mass is 434 g/mol. The zero-order valence-corrected chi connectivity index (χ0v) is 18.1. The zero-order chi connectivity index (χ0) is 21.8. The normalized spacial score (nSPS) is 15.3. The molecule has 2 aromatic carbocycles. The summed E-state index contributed by atoms with van der Waals surface area (Å²) in [5.74, 6) is -0.819. The smallest absolute Gasteiger partial charge is 0.254 e. The molecule has 1 aromatic heterocycles. The molecule has 31 heavy (non-hydrogen) atoms. The van der Waals surface area contributed by atoms with E-state index in [-0.39, 0.29) is 22.4 Å². The van der Waals surface area contributed by atoms with Gasteiger partial charge in [0.15, 0.2) is 5.13 Å². The van der Waals surface area contributed by atoms with Crippen molar-refractivity contribution < 1.29 is 9.18 Å². The van der Waals surface area contributed by atoms with Crippen LogP contribution >= 0.6 is 11.3 Å². The van der Waals surface area contributed by atoms with Crippen LogP contribution in [0, 0.1) is 17.1 Å². The summed E-state index contributed by atoms with van der Waals surface area (Å²) in [6, 6.07) is 16.0. The third kappa shape index (κ3) is 4.17. The molecule has 2 heterocycles. The lowest BCUT2D eigenvalue weighted by molar-refractivity contribution is 0.0683. The topological polar surface area (TPSA) is 69.0 Å². The maximum atomic E-state index is 13.8. The molecular formula is C24H23FN4OS. The molecule has 1 amide bonds. The number of rotatable bonds is 5. The van der Waals surface area contributed by atoms with Gasteiger partial charge in [-0.2, -0.15) is 5.26 Å². The number of aromatic nitrogens is 1. The number of nitriles is 1. The summed E-state index contributed by atoms with van der Waals surface area (Å²) in [4.78, 5) is 19.6. The quantitative estimate of drug-likeness (QED) is 0.626. The molecule has 1 N–H and O–H groups in total. The summed E-state index contributed by atoms with van der Waals surface area (Å²) in [6.07, 6.45) is 1.44. The van der Waals surface area contributed by atoms with Crippen LogP contribution in [-0.2, 0) is 5.41 Å². The van der Waals surface area contributed by atoms with Crippen molar-refractivity contribution >= 4 is 22.4 Å². The first-order chi connectivity index (χ1) is 15.1. The SMILES string of the molecule is CCNc1nc(C2(c3ccccc3)CCN(C(=O)c3cc(F)cc(C#N)c3)CC2)cs1. The molecule has 1 aliphatic rings. The van der Waals surface area contributed by atoms with E-state index in [2.05, 4.69) is 22.8 Å². The molecule has 0 unspecified atom stereocenters. The molecule has 3 aromatic rings. The van der Waals surface area contributed by atoms with Crippen molar-refractivity contribution in [3.05, 3.63) is 82.1 Å². The lowest BCUT2D eigenvalue weighted by Gasteiger charge is -2.41. The van der Waals surface area contributed by atoms with Gasteiger partial charge in [-0.1, -0.05) is 30.3 Å². The van der Waals surface area contributed by atoms with Crippen LogP contribution in [0.2, 0.25) is 0 Å². The highest BCUT2D eigenvalue weighted by Crippen LogP contribution is 2.42. The number of hydrogen-bond donors (Lipinski definition) is 1. The summed E-state index contributed by atoms with van der Waals surface area (Å²) in [5, 5.41) is 15.4. The predicted octanol–water partition coefficient (Wildman–Crippen LogP) is 4.81. The van der Waals surface area contributed by atoms with E-state index in [9.17, 15) is 9.18 Å². The van der Waals surface area contributed by atoms with E-state index in [4.69, 9.17) is 10.2 Å². The number of amides is 1. The summed E-state index contributed by atoms with van der Waals surface area (Å²) in [6.45, 7) is 3.91. The molecule has 0 aliphatic carbocycles. The molecule has 1 saturated heterocycles. The molecule has 0 saturated carbocycles. The van der Waals surface area contributed by atoms with Crippen molar-refractivity contribution in [2.45, 2.75) is 25.2 Å². The van der Waals surface area contributed by atoms with Crippen LogP contribution in [0.1, 0.15) is 46.9 Å². The van der Waals surface area contributed by atoms with E-state index in [0.29, 0.717) is 13.1 Å². The lowest BCUT2D eigenvalue weighted by Crippen LogP contribution is -2.46. The van der Waals surface area contributed by atoms with Crippen molar-refractivity contribution in [1.82, 2.24) is 9.88 Å². The largest absolute Gasteiger partial charge is 0.362 e. The second-order valence-corrected chi connectivity index (χ2v) is 8.51. The Morgan fingerprint density at radius 2 is 2.00 bits per heavy atom. The molecule has 0 radical (unpaired) electrons. The van der Waals surface area contributed by atoms with E-state index in [1.807, 2.05) is 31.2 Å². The van der Waals surface area contributed by atoms with Gasteiger partial charge in [0.2, 0.25) is 0 Å². The van der Waals surface area contributed by atoms with Crippen LogP contribution in [0.25, 0.3) is 0 Å². The molecule has 1 fully saturated rings. The second kappa shape index (κ2) is 8.86. The Balaban J connectivity index is 1.61. The second-order valence-electron chi connectivity index (χ2n) is 7.65. The van der Waals surface area contributed by atoms with Gasteiger partial charge < -0.3 is 10.2 Å². The number of nitrogens with zero attached hydrogens (tertiary/aromatic N) is 3. The van der Waals surface area contributed by atoms with Gasteiger partial charge in [-0.15, -0.1) is 11.3 Å². The fourth-order valence-electron chi connectivity index (χ4n) is 4.23. The first kappa shape index (κ1) is 21.0. The van der Waals surface area contributed by atoms with Crippen LogP contribution in [0.3, 0.4) is 0 Å². The maximum absolute atomic E-state index is 13.8. The minimum Gasteiger partial charge on any atom is -0.362 e. The van der Waals surface area contributed by atoms with Crippen molar-refractivity contribution in [2.75, 3.05) is 25.0 Å². The Morgan fingerprint density at radius 3 is 2.68 bits per heavy atom. The molecule has 0 spiro atoms. The average molecular weight is 435 g/mol. The van der Waals surface area contributed by atoms with Crippen LogP contribution in [0.15, 0.2) is 53.9 Å². The first-order valence-corrected chi connectivity index (χ1v) is 11.2. The highest BCUT2D eigenvalue weighted by atomic mass is 32.1. The minimum atomic E-state index is -0.573. The Labute approximate surface area is 185 Å². The zero-order valence-electron chi connectivity index (χ0n) is 17.3. The molecule has 158 valence electrons. The number of halogens is 1.